The summed E-state index contributed by atoms with van der Waals surface area (Å²) in [5.74, 6) is 7.42. The van der Waals surface area contributed by atoms with Gasteiger partial charge in [0.2, 0.25) is 0 Å². The van der Waals surface area contributed by atoms with Gasteiger partial charge in [-0.2, -0.15) is 0 Å². The molecule has 27 heavy (non-hydrogen) atoms. The van der Waals surface area contributed by atoms with Crippen molar-refractivity contribution in [1.82, 2.24) is 5.01 Å². The minimum Gasteiger partial charge on any atom is -0.496 e. The molecule has 0 fully saturated rings. The van der Waals surface area contributed by atoms with Gasteiger partial charge in [-0.15, -0.1) is 0 Å². The molecule has 146 valence electrons. The Labute approximate surface area is 161 Å². The second-order valence-electron chi connectivity index (χ2n) is 5.67. The molecule has 0 bridgehead atoms. The number of carbonyl (C=O) groups excluding carboxylic acids is 1. The van der Waals surface area contributed by atoms with E-state index in [1.165, 1.54) is 5.01 Å². The van der Waals surface area contributed by atoms with E-state index in [0.717, 1.165) is 23.2 Å². The summed E-state index contributed by atoms with van der Waals surface area (Å²) < 4.78 is 10.9. The summed E-state index contributed by atoms with van der Waals surface area (Å²) in [5.41, 5.74) is 9.13. The van der Waals surface area contributed by atoms with Crippen LogP contribution in [0.5, 0.6) is 11.5 Å². The van der Waals surface area contributed by atoms with Crippen LogP contribution < -0.4 is 21.1 Å². The second-order valence-corrected chi connectivity index (χ2v) is 5.67. The number of benzene rings is 2. The Morgan fingerprint density at radius 1 is 1.15 bits per heavy atom. The van der Waals surface area contributed by atoms with Gasteiger partial charge in [-0.25, -0.2) is 5.84 Å². The summed E-state index contributed by atoms with van der Waals surface area (Å²) in [7, 11) is 1.63. The monoisotopic (exact) mass is 371 g/mol. The summed E-state index contributed by atoms with van der Waals surface area (Å²) in [6.45, 7) is 6.66. The highest BCUT2D eigenvalue weighted by Gasteiger charge is 2.06. The zero-order valence-corrected chi connectivity index (χ0v) is 16.4. The van der Waals surface area contributed by atoms with Gasteiger partial charge in [-0.1, -0.05) is 31.5 Å². The Morgan fingerprint density at radius 3 is 2.41 bits per heavy atom. The lowest BCUT2D eigenvalue weighted by molar-refractivity contribution is 0.112. The molecule has 0 aliphatic heterocycles. The zero-order chi connectivity index (χ0) is 20.2. The number of nitrogens with zero attached hydrogens (tertiary/aromatic N) is 1. The maximum atomic E-state index is 10.6. The standard InChI is InChI=1S/C19H23N3O3.C2H6/c1-14-3-8-19(24-2)16(9-14)10-22(21)11-17(20)13-25-18-6-4-15(12-23)5-7-18;1-2/h3-9,11-12H,10,13,20-21H2,1-2H3;1-2H3/b17-11-;. The van der Waals surface area contributed by atoms with Crippen molar-refractivity contribution in [2.45, 2.75) is 27.3 Å². The molecule has 0 aromatic heterocycles. The van der Waals surface area contributed by atoms with Crippen molar-refractivity contribution in [3.8, 4) is 11.5 Å². The van der Waals surface area contributed by atoms with E-state index in [1.54, 1.807) is 37.6 Å². The van der Waals surface area contributed by atoms with Crippen LogP contribution in [0.1, 0.15) is 35.3 Å². The van der Waals surface area contributed by atoms with Crippen molar-refractivity contribution >= 4 is 6.29 Å². The summed E-state index contributed by atoms with van der Waals surface area (Å²) in [6.07, 6.45) is 2.41. The average molecular weight is 371 g/mol. The number of aryl methyl sites for hydroxylation is 1. The molecule has 6 heteroatoms. The molecular weight excluding hydrogens is 342 g/mol. The normalized spacial score (nSPS) is 10.5. The fraction of sp³-hybridized carbons (Fsp3) is 0.286. The topological polar surface area (TPSA) is 90.8 Å². The quantitative estimate of drug-likeness (QED) is 0.420. The molecule has 4 N–H and O–H groups in total. The van der Waals surface area contributed by atoms with Crippen molar-refractivity contribution in [2.24, 2.45) is 11.6 Å². The molecular formula is C21H29N3O3. The molecule has 0 atom stereocenters. The number of hydrogen-bond acceptors (Lipinski definition) is 6. The highest BCUT2D eigenvalue weighted by atomic mass is 16.5. The maximum Gasteiger partial charge on any atom is 0.150 e. The van der Waals surface area contributed by atoms with Gasteiger partial charge in [0.1, 0.15) is 24.4 Å². The summed E-state index contributed by atoms with van der Waals surface area (Å²) in [4.78, 5) is 10.6. The maximum absolute atomic E-state index is 10.6. The fourth-order valence-corrected chi connectivity index (χ4v) is 2.33. The largest absolute Gasteiger partial charge is 0.496 e. The molecule has 2 aromatic carbocycles. The average Bonchev–Trinajstić information content (AvgIpc) is 2.68. The lowest BCUT2D eigenvalue weighted by Crippen LogP contribution is -2.27. The van der Waals surface area contributed by atoms with Crippen LogP contribution in [0.4, 0.5) is 0 Å². The zero-order valence-electron chi connectivity index (χ0n) is 16.4. The van der Waals surface area contributed by atoms with Crippen molar-refractivity contribution in [2.75, 3.05) is 13.7 Å². The van der Waals surface area contributed by atoms with E-state index in [9.17, 15) is 4.79 Å². The Balaban J connectivity index is 0.00000176. The number of aldehydes is 1. The molecule has 0 spiro atoms. The molecule has 0 radical (unpaired) electrons. The summed E-state index contributed by atoms with van der Waals surface area (Å²) in [6, 6.07) is 12.7. The van der Waals surface area contributed by atoms with Crippen LogP contribution in [0.15, 0.2) is 54.4 Å². The van der Waals surface area contributed by atoms with Crippen LogP contribution in [-0.2, 0) is 6.54 Å². The van der Waals surface area contributed by atoms with Crippen LogP contribution in [0, 0.1) is 6.92 Å². The highest BCUT2D eigenvalue weighted by molar-refractivity contribution is 5.74. The third kappa shape index (κ3) is 7.42. The van der Waals surface area contributed by atoms with Gasteiger partial charge in [-0.3, -0.25) is 4.79 Å². The van der Waals surface area contributed by atoms with Gasteiger partial charge < -0.3 is 20.2 Å². The number of hydrazine groups is 1. The van der Waals surface area contributed by atoms with E-state index in [1.807, 2.05) is 39.0 Å². The van der Waals surface area contributed by atoms with Gasteiger partial charge in [-0.05, 0) is 37.3 Å². The predicted molar refractivity (Wildman–Crippen MR) is 108 cm³/mol. The molecule has 0 aliphatic rings. The summed E-state index contributed by atoms with van der Waals surface area (Å²) >= 11 is 0. The molecule has 0 saturated heterocycles. The Morgan fingerprint density at radius 2 is 1.81 bits per heavy atom. The molecule has 6 nitrogen and oxygen atoms in total. The van der Waals surface area contributed by atoms with E-state index in [0.29, 0.717) is 23.6 Å². The Kier molecular flexibility index (Phi) is 9.47. The highest BCUT2D eigenvalue weighted by Crippen LogP contribution is 2.20. The Hall–Kier alpha value is -2.99. The van der Waals surface area contributed by atoms with Crippen molar-refractivity contribution in [3.05, 3.63) is 71.1 Å². The lowest BCUT2D eigenvalue weighted by Gasteiger charge is -2.18. The van der Waals surface area contributed by atoms with E-state index < -0.39 is 0 Å². The van der Waals surface area contributed by atoms with Crippen molar-refractivity contribution in [1.29, 1.82) is 0 Å². The van der Waals surface area contributed by atoms with E-state index in [-0.39, 0.29) is 6.61 Å². The van der Waals surface area contributed by atoms with Gasteiger partial charge in [0, 0.05) is 17.3 Å². The molecule has 2 rings (SSSR count). The molecule has 0 saturated carbocycles. The van der Waals surface area contributed by atoms with Crippen molar-refractivity contribution < 1.29 is 14.3 Å². The molecule has 0 aliphatic carbocycles. The van der Waals surface area contributed by atoms with Crippen LogP contribution in [0.3, 0.4) is 0 Å². The minimum absolute atomic E-state index is 0.194. The molecule has 2 aromatic rings. The Bertz CT molecular complexity index is 743. The predicted octanol–water partition coefficient (Wildman–Crippen LogP) is 3.40. The first-order chi connectivity index (χ1) is 13.0. The number of hydrogen-bond donors (Lipinski definition) is 2. The lowest BCUT2D eigenvalue weighted by atomic mass is 10.1. The van der Waals surface area contributed by atoms with E-state index in [4.69, 9.17) is 21.1 Å². The fourth-order valence-electron chi connectivity index (χ4n) is 2.33. The van der Waals surface area contributed by atoms with Gasteiger partial charge in [0.15, 0.2) is 0 Å². The first kappa shape index (κ1) is 22.1. The number of methoxy groups -OCH3 is 1. The van der Waals surface area contributed by atoms with Crippen LogP contribution >= 0.6 is 0 Å². The third-order valence-electron chi connectivity index (χ3n) is 3.54. The smallest absolute Gasteiger partial charge is 0.150 e. The SMILES string of the molecule is CC.COc1ccc(C)cc1CN(N)/C=C(\N)COc1ccc(C=O)cc1. The second kappa shape index (κ2) is 11.6. The molecule has 0 heterocycles. The summed E-state index contributed by atoms with van der Waals surface area (Å²) in [5, 5.41) is 1.49. The van der Waals surface area contributed by atoms with Crippen LogP contribution in [-0.4, -0.2) is 25.0 Å². The third-order valence-corrected chi connectivity index (χ3v) is 3.54. The van der Waals surface area contributed by atoms with Crippen LogP contribution in [0.25, 0.3) is 0 Å². The van der Waals surface area contributed by atoms with Crippen molar-refractivity contribution in [3.63, 3.8) is 0 Å². The van der Waals surface area contributed by atoms with Crippen LogP contribution in [0.2, 0.25) is 0 Å². The molecule has 0 amide bonds. The van der Waals surface area contributed by atoms with E-state index in [2.05, 4.69) is 0 Å². The van der Waals surface area contributed by atoms with E-state index >= 15 is 0 Å². The van der Waals surface area contributed by atoms with Gasteiger partial charge >= 0.3 is 0 Å². The minimum atomic E-state index is 0.194. The number of ether oxygens (including phenoxy) is 2. The number of rotatable bonds is 8. The first-order valence-electron chi connectivity index (χ1n) is 8.81. The van der Waals surface area contributed by atoms with Gasteiger partial charge in [0.05, 0.1) is 19.4 Å². The first-order valence-corrected chi connectivity index (χ1v) is 8.81. The molecule has 0 unspecified atom stereocenters. The number of carbonyl (C=O) groups is 1. The van der Waals surface area contributed by atoms with Gasteiger partial charge in [0.25, 0.3) is 0 Å². The number of nitrogens with two attached hydrogens (primary N) is 2.